The fraction of sp³-hybridized carbons (Fsp3) is 0.0870. The molecule has 0 unspecified atom stereocenters. The lowest BCUT2D eigenvalue weighted by atomic mass is 10.0. The van der Waals surface area contributed by atoms with Crippen LogP contribution in [0.25, 0.3) is 0 Å². The maximum Gasteiger partial charge on any atom is 0.338 e. The number of ketones is 1. The maximum absolute atomic E-state index is 12.7. The first-order valence-corrected chi connectivity index (χ1v) is 8.91. The van der Waals surface area contributed by atoms with Crippen molar-refractivity contribution >= 4 is 23.3 Å². The number of rotatable bonds is 6. The Bertz CT molecular complexity index is 1060. The predicted octanol–water partition coefficient (Wildman–Crippen LogP) is 3.73. The average Bonchev–Trinajstić information content (AvgIpc) is 2.74. The zero-order chi connectivity index (χ0) is 20.8. The Morgan fingerprint density at radius 1 is 0.897 bits per heavy atom. The average molecular weight is 389 g/mol. The van der Waals surface area contributed by atoms with Crippen molar-refractivity contribution in [3.05, 3.63) is 95.1 Å². The van der Waals surface area contributed by atoms with E-state index in [0.29, 0.717) is 22.4 Å². The van der Waals surface area contributed by atoms with Crippen LogP contribution in [0.4, 0.5) is 5.69 Å². The molecule has 0 bridgehead atoms. The quantitative estimate of drug-likeness (QED) is 0.495. The van der Waals surface area contributed by atoms with Gasteiger partial charge in [0, 0.05) is 11.1 Å². The van der Waals surface area contributed by atoms with Crippen molar-refractivity contribution in [2.24, 2.45) is 0 Å². The van der Waals surface area contributed by atoms with Gasteiger partial charge in [0.1, 0.15) is 5.75 Å². The molecule has 29 heavy (non-hydrogen) atoms. The molecule has 6 heteroatoms. The van der Waals surface area contributed by atoms with Crippen LogP contribution in [0.3, 0.4) is 0 Å². The molecule has 0 heterocycles. The third kappa shape index (κ3) is 4.87. The molecule has 0 spiro atoms. The number of hydrogen-bond donors (Lipinski definition) is 2. The van der Waals surface area contributed by atoms with Crippen LogP contribution in [-0.4, -0.2) is 29.4 Å². The first kappa shape index (κ1) is 19.8. The van der Waals surface area contributed by atoms with Crippen LogP contribution in [-0.2, 0) is 9.53 Å². The number of carbonyl (C=O) groups excluding carboxylic acids is 3. The van der Waals surface area contributed by atoms with E-state index in [0.717, 1.165) is 0 Å². The Morgan fingerprint density at radius 2 is 1.59 bits per heavy atom. The predicted molar refractivity (Wildman–Crippen MR) is 108 cm³/mol. The number of hydrogen-bond acceptors (Lipinski definition) is 5. The molecule has 6 nitrogen and oxygen atoms in total. The van der Waals surface area contributed by atoms with E-state index in [1.807, 2.05) is 6.07 Å². The molecule has 1 amide bonds. The van der Waals surface area contributed by atoms with E-state index in [1.54, 1.807) is 61.5 Å². The van der Waals surface area contributed by atoms with E-state index in [4.69, 9.17) is 4.74 Å². The molecule has 0 aliphatic rings. The number of ether oxygens (including phenoxy) is 1. The van der Waals surface area contributed by atoms with E-state index in [9.17, 15) is 19.5 Å². The van der Waals surface area contributed by atoms with Crippen molar-refractivity contribution in [2.75, 3.05) is 11.9 Å². The lowest BCUT2D eigenvalue weighted by molar-refractivity contribution is -0.119. The summed E-state index contributed by atoms with van der Waals surface area (Å²) in [5.41, 5.74) is 1.93. The van der Waals surface area contributed by atoms with Gasteiger partial charge < -0.3 is 15.2 Å². The Balaban J connectivity index is 1.66. The number of aryl methyl sites for hydroxylation is 1. The number of benzene rings is 3. The van der Waals surface area contributed by atoms with E-state index < -0.39 is 18.5 Å². The molecule has 0 saturated heterocycles. The summed E-state index contributed by atoms with van der Waals surface area (Å²) in [5.74, 6) is -1.57. The summed E-state index contributed by atoms with van der Waals surface area (Å²) >= 11 is 0. The molecular weight excluding hydrogens is 370 g/mol. The summed E-state index contributed by atoms with van der Waals surface area (Å²) in [6.45, 7) is 1.17. The monoisotopic (exact) mass is 389 g/mol. The number of amides is 1. The summed E-state index contributed by atoms with van der Waals surface area (Å²) in [4.78, 5) is 37.0. The lowest BCUT2D eigenvalue weighted by Crippen LogP contribution is -2.22. The lowest BCUT2D eigenvalue weighted by Gasteiger charge is -2.11. The van der Waals surface area contributed by atoms with Gasteiger partial charge >= 0.3 is 5.97 Å². The summed E-state index contributed by atoms with van der Waals surface area (Å²) in [6.07, 6.45) is 0. The van der Waals surface area contributed by atoms with Gasteiger partial charge in [0.15, 0.2) is 12.4 Å². The minimum Gasteiger partial charge on any atom is -0.508 e. The summed E-state index contributed by atoms with van der Waals surface area (Å²) < 4.78 is 4.99. The number of para-hydroxylation sites is 1. The minimum absolute atomic E-state index is 0.0303. The second kappa shape index (κ2) is 8.84. The van der Waals surface area contributed by atoms with E-state index in [1.165, 1.54) is 12.1 Å². The Kier molecular flexibility index (Phi) is 6.04. The number of phenols is 1. The molecule has 146 valence electrons. The van der Waals surface area contributed by atoms with Crippen molar-refractivity contribution in [3.8, 4) is 5.75 Å². The van der Waals surface area contributed by atoms with Gasteiger partial charge in [-0.05, 0) is 36.8 Å². The van der Waals surface area contributed by atoms with Gasteiger partial charge in [-0.2, -0.15) is 0 Å². The van der Waals surface area contributed by atoms with Gasteiger partial charge in [-0.15, -0.1) is 0 Å². The number of anilines is 1. The largest absolute Gasteiger partial charge is 0.508 e. The first-order chi connectivity index (χ1) is 14.0. The summed E-state index contributed by atoms with van der Waals surface area (Å²) in [7, 11) is 0. The van der Waals surface area contributed by atoms with E-state index >= 15 is 0 Å². The van der Waals surface area contributed by atoms with Crippen LogP contribution < -0.4 is 5.32 Å². The molecule has 3 aromatic carbocycles. The fourth-order valence-corrected chi connectivity index (χ4v) is 2.67. The molecule has 0 saturated carbocycles. The van der Waals surface area contributed by atoms with Crippen LogP contribution in [0.5, 0.6) is 5.75 Å². The molecule has 0 aromatic heterocycles. The van der Waals surface area contributed by atoms with Crippen molar-refractivity contribution in [1.29, 1.82) is 0 Å². The van der Waals surface area contributed by atoms with Gasteiger partial charge in [-0.1, -0.05) is 48.5 Å². The van der Waals surface area contributed by atoms with Gasteiger partial charge in [0.2, 0.25) is 0 Å². The van der Waals surface area contributed by atoms with Crippen LogP contribution in [0.15, 0.2) is 72.8 Å². The van der Waals surface area contributed by atoms with Crippen LogP contribution in [0, 0.1) is 6.92 Å². The highest BCUT2D eigenvalue weighted by Gasteiger charge is 2.16. The van der Waals surface area contributed by atoms with Crippen LogP contribution in [0.1, 0.15) is 31.8 Å². The SMILES string of the molecule is Cc1ccc(C(=O)OCC(=O)Nc2ccccc2C(=O)c2ccccc2)cc1O. The van der Waals surface area contributed by atoms with Crippen molar-refractivity contribution in [2.45, 2.75) is 6.92 Å². The zero-order valence-electron chi connectivity index (χ0n) is 15.7. The first-order valence-electron chi connectivity index (χ1n) is 8.91. The van der Waals surface area contributed by atoms with Gasteiger partial charge in [-0.3, -0.25) is 9.59 Å². The summed E-state index contributed by atoms with van der Waals surface area (Å²) in [6, 6.07) is 19.7. The number of carbonyl (C=O) groups is 3. The molecule has 0 aliphatic heterocycles. The van der Waals surface area contributed by atoms with E-state index in [-0.39, 0.29) is 17.1 Å². The molecule has 0 atom stereocenters. The van der Waals surface area contributed by atoms with Crippen molar-refractivity contribution in [3.63, 3.8) is 0 Å². The zero-order valence-corrected chi connectivity index (χ0v) is 15.7. The van der Waals surface area contributed by atoms with Crippen molar-refractivity contribution in [1.82, 2.24) is 0 Å². The molecular formula is C23H19NO5. The number of nitrogens with one attached hydrogen (secondary N) is 1. The highest BCUT2D eigenvalue weighted by Crippen LogP contribution is 2.20. The van der Waals surface area contributed by atoms with Crippen molar-refractivity contribution < 1.29 is 24.2 Å². The fourth-order valence-electron chi connectivity index (χ4n) is 2.67. The molecule has 3 aromatic rings. The standard InChI is InChI=1S/C23H19NO5/c1-15-11-12-17(13-20(15)25)23(28)29-14-21(26)24-19-10-6-5-9-18(19)22(27)16-7-3-2-4-8-16/h2-13,25H,14H2,1H3,(H,24,26). The highest BCUT2D eigenvalue weighted by atomic mass is 16.5. The molecule has 0 fully saturated rings. The maximum atomic E-state index is 12.7. The topological polar surface area (TPSA) is 92.7 Å². The molecule has 2 N–H and O–H groups in total. The van der Waals surface area contributed by atoms with E-state index in [2.05, 4.69) is 5.32 Å². The molecule has 0 aliphatic carbocycles. The number of esters is 1. The second-order valence-corrected chi connectivity index (χ2v) is 6.37. The van der Waals surface area contributed by atoms with Crippen LogP contribution in [0.2, 0.25) is 0 Å². The van der Waals surface area contributed by atoms with Gasteiger partial charge in [0.05, 0.1) is 11.3 Å². The van der Waals surface area contributed by atoms with Crippen LogP contribution >= 0.6 is 0 Å². The molecule has 0 radical (unpaired) electrons. The van der Waals surface area contributed by atoms with Gasteiger partial charge in [-0.25, -0.2) is 4.79 Å². The normalized spacial score (nSPS) is 10.2. The molecule has 3 rings (SSSR count). The summed E-state index contributed by atoms with van der Waals surface area (Å²) in [5, 5.41) is 12.3. The smallest absolute Gasteiger partial charge is 0.338 e. The highest BCUT2D eigenvalue weighted by molar-refractivity contribution is 6.14. The second-order valence-electron chi connectivity index (χ2n) is 6.37. The third-order valence-corrected chi connectivity index (χ3v) is 4.26. The Hall–Kier alpha value is -3.93. The Labute approximate surface area is 167 Å². The third-order valence-electron chi connectivity index (χ3n) is 4.26. The number of aromatic hydroxyl groups is 1. The minimum atomic E-state index is -0.732. The Morgan fingerprint density at radius 3 is 2.31 bits per heavy atom. The van der Waals surface area contributed by atoms with Gasteiger partial charge in [0.25, 0.3) is 5.91 Å². The number of phenolic OH excluding ortho intramolecular Hbond substituents is 1.